The third-order valence-corrected chi connectivity index (χ3v) is 6.53. The maximum atomic E-state index is 14.5. The molecule has 0 aliphatic heterocycles. The van der Waals surface area contributed by atoms with Crippen molar-refractivity contribution in [1.82, 2.24) is 6.15 Å². The minimum absolute atomic E-state index is 0. The molecule has 0 unspecified atom stereocenters. The van der Waals surface area contributed by atoms with Crippen LogP contribution < -0.4 is 6.15 Å². The lowest BCUT2D eigenvalue weighted by Gasteiger charge is -2.27. The molecule has 27 heavy (non-hydrogen) atoms. The Kier molecular flexibility index (Phi) is 9.87. The normalized spacial score (nSPS) is 27.8. The molecule has 2 fully saturated rings. The van der Waals surface area contributed by atoms with E-state index in [0.29, 0.717) is 35.8 Å². The van der Waals surface area contributed by atoms with Gasteiger partial charge in [-0.1, -0.05) is 51.7 Å². The van der Waals surface area contributed by atoms with Crippen LogP contribution in [0.1, 0.15) is 76.3 Å². The van der Waals surface area contributed by atoms with Crippen LogP contribution in [-0.4, -0.2) is 0 Å². The Morgan fingerprint density at radius 2 is 1.00 bits per heavy atom. The summed E-state index contributed by atoms with van der Waals surface area (Å²) < 4.78 is 29.1. The maximum Gasteiger partial charge on any atom is 0.162 e. The highest BCUT2D eigenvalue weighted by Crippen LogP contribution is 2.34. The van der Waals surface area contributed by atoms with E-state index in [-0.39, 0.29) is 6.15 Å². The molecule has 0 aromatic heterocycles. The molecule has 0 heterocycles. The summed E-state index contributed by atoms with van der Waals surface area (Å²) in [6.45, 7) is 4.58. The van der Waals surface area contributed by atoms with E-state index in [1.807, 2.05) is 12.1 Å². The average Bonchev–Trinajstić information content (AvgIpc) is 2.66. The molecule has 3 rings (SSSR count). The van der Waals surface area contributed by atoms with Gasteiger partial charge < -0.3 is 6.15 Å². The Balaban J connectivity index is 0.00000118. The Bertz CT molecular complexity index is 538. The summed E-state index contributed by atoms with van der Waals surface area (Å²) in [6.07, 6.45) is 11.0. The standard InChI is InChI=1S/C22H32F2.N2.H3N/c1-15-3-7-17(8-4-15)13-19-11-12-20(22(24)21(19)23)14-18-9-5-16(2)6-10-18;1-2;/h11-12,15-18H,3-10,13-14H2,1-2H3;;1H3. The van der Waals surface area contributed by atoms with Crippen LogP contribution in [0.3, 0.4) is 0 Å². The fourth-order valence-corrected chi connectivity index (χ4v) is 4.63. The van der Waals surface area contributed by atoms with Gasteiger partial charge >= 0.3 is 0 Å². The smallest absolute Gasteiger partial charge is 0.162 e. The second kappa shape index (κ2) is 11.3. The van der Waals surface area contributed by atoms with E-state index in [1.54, 1.807) is 0 Å². The van der Waals surface area contributed by atoms with Crippen LogP contribution in [0.5, 0.6) is 0 Å². The number of hydrogen-bond donors (Lipinski definition) is 1. The topological polar surface area (TPSA) is 82.6 Å². The third kappa shape index (κ3) is 6.53. The highest BCUT2D eigenvalue weighted by Gasteiger charge is 2.24. The second-order valence-corrected chi connectivity index (χ2v) is 8.67. The number of benzene rings is 1. The van der Waals surface area contributed by atoms with Crippen LogP contribution in [0.25, 0.3) is 0 Å². The van der Waals surface area contributed by atoms with Gasteiger partial charge in [0.25, 0.3) is 0 Å². The molecular formula is C22H35F2N3. The molecular weight excluding hydrogens is 344 g/mol. The van der Waals surface area contributed by atoms with Gasteiger partial charge in [0.1, 0.15) is 0 Å². The summed E-state index contributed by atoms with van der Waals surface area (Å²) in [5.41, 5.74) is 1.18. The number of hydrogen-bond acceptors (Lipinski definition) is 3. The third-order valence-electron chi connectivity index (χ3n) is 6.53. The van der Waals surface area contributed by atoms with E-state index in [2.05, 4.69) is 13.8 Å². The molecule has 0 amide bonds. The molecule has 5 heteroatoms. The quantitative estimate of drug-likeness (QED) is 0.578. The molecule has 3 nitrogen and oxygen atoms in total. The molecule has 1 aromatic rings. The van der Waals surface area contributed by atoms with E-state index in [1.165, 1.54) is 25.7 Å². The molecule has 152 valence electrons. The fourth-order valence-electron chi connectivity index (χ4n) is 4.63. The van der Waals surface area contributed by atoms with Gasteiger partial charge in [0.15, 0.2) is 11.6 Å². The summed E-state index contributed by atoms with van der Waals surface area (Å²) in [5, 5.41) is 12.0. The molecule has 0 atom stereocenters. The van der Waals surface area contributed by atoms with Crippen LogP contribution in [0.4, 0.5) is 8.78 Å². The van der Waals surface area contributed by atoms with Gasteiger partial charge in [-0.15, -0.1) is 0 Å². The lowest BCUT2D eigenvalue weighted by molar-refractivity contribution is 0.283. The van der Waals surface area contributed by atoms with Gasteiger partial charge in [0.05, 0.1) is 0 Å². The molecule has 0 spiro atoms. The van der Waals surface area contributed by atoms with E-state index in [4.69, 9.17) is 10.8 Å². The lowest BCUT2D eigenvalue weighted by Crippen LogP contribution is -2.17. The van der Waals surface area contributed by atoms with Crippen LogP contribution in [0, 0.1) is 46.1 Å². The van der Waals surface area contributed by atoms with Crippen LogP contribution in [0.2, 0.25) is 0 Å². The van der Waals surface area contributed by atoms with Crippen molar-refractivity contribution in [2.75, 3.05) is 0 Å². The molecule has 0 bridgehead atoms. The van der Waals surface area contributed by atoms with Crippen molar-refractivity contribution in [2.45, 2.75) is 78.1 Å². The first-order valence-electron chi connectivity index (χ1n) is 10.2. The summed E-state index contributed by atoms with van der Waals surface area (Å²) in [4.78, 5) is 0. The zero-order valence-electron chi connectivity index (χ0n) is 16.9. The summed E-state index contributed by atoms with van der Waals surface area (Å²) in [5.74, 6) is 1.50. The van der Waals surface area contributed by atoms with Crippen molar-refractivity contribution in [3.05, 3.63) is 34.9 Å². The predicted octanol–water partition coefficient (Wildman–Crippen LogP) is 6.89. The second-order valence-electron chi connectivity index (χ2n) is 8.67. The molecule has 2 aliphatic carbocycles. The van der Waals surface area contributed by atoms with Crippen LogP contribution in [0.15, 0.2) is 12.1 Å². The highest BCUT2D eigenvalue weighted by atomic mass is 19.2. The Hall–Kier alpha value is -1.54. The zero-order valence-corrected chi connectivity index (χ0v) is 16.9. The molecule has 1 aromatic carbocycles. The monoisotopic (exact) mass is 379 g/mol. The summed E-state index contributed by atoms with van der Waals surface area (Å²) >= 11 is 0. The lowest BCUT2D eigenvalue weighted by atomic mass is 9.79. The van der Waals surface area contributed by atoms with Crippen molar-refractivity contribution < 1.29 is 8.78 Å². The van der Waals surface area contributed by atoms with E-state index in [9.17, 15) is 8.78 Å². The molecule has 2 aliphatic rings. The van der Waals surface area contributed by atoms with Gasteiger partial charge in [-0.2, -0.15) is 0 Å². The minimum atomic E-state index is -0.574. The van der Waals surface area contributed by atoms with Crippen molar-refractivity contribution >= 4 is 0 Å². The average molecular weight is 380 g/mol. The van der Waals surface area contributed by atoms with Crippen molar-refractivity contribution in [3.63, 3.8) is 0 Å². The molecule has 3 N–H and O–H groups in total. The Morgan fingerprint density at radius 1 is 0.704 bits per heavy atom. The first-order chi connectivity index (χ1) is 12.5. The zero-order chi connectivity index (χ0) is 19.1. The number of nitrogens with zero attached hydrogens (tertiary/aromatic N) is 2. The Morgan fingerprint density at radius 3 is 1.30 bits per heavy atom. The van der Waals surface area contributed by atoms with E-state index >= 15 is 0 Å². The predicted molar refractivity (Wildman–Crippen MR) is 104 cm³/mol. The summed E-state index contributed by atoms with van der Waals surface area (Å²) in [6, 6.07) is 3.72. The van der Waals surface area contributed by atoms with Crippen molar-refractivity contribution in [2.24, 2.45) is 23.7 Å². The van der Waals surface area contributed by atoms with E-state index in [0.717, 1.165) is 37.5 Å². The Labute approximate surface area is 162 Å². The maximum absolute atomic E-state index is 14.5. The van der Waals surface area contributed by atoms with Gasteiger partial charge in [-0.25, -0.2) is 8.78 Å². The SMILES string of the molecule is CC1CCC(Cc2ccc(CC3CCC(C)CC3)c(F)c2F)CC1.N.N#N. The van der Waals surface area contributed by atoms with Gasteiger partial charge in [0.2, 0.25) is 0 Å². The van der Waals surface area contributed by atoms with E-state index < -0.39 is 11.6 Å². The minimum Gasteiger partial charge on any atom is -0.344 e. The largest absolute Gasteiger partial charge is 0.344 e. The number of rotatable bonds is 4. The number of halogens is 2. The molecule has 0 saturated heterocycles. The van der Waals surface area contributed by atoms with Crippen LogP contribution in [-0.2, 0) is 12.8 Å². The highest BCUT2D eigenvalue weighted by molar-refractivity contribution is 5.27. The van der Waals surface area contributed by atoms with Gasteiger partial charge in [-0.05, 0) is 73.3 Å². The fraction of sp³-hybridized carbons (Fsp3) is 0.727. The first kappa shape index (κ1) is 23.5. The van der Waals surface area contributed by atoms with Gasteiger partial charge in [0, 0.05) is 10.8 Å². The molecule has 2 saturated carbocycles. The van der Waals surface area contributed by atoms with Crippen LogP contribution >= 0.6 is 0 Å². The summed E-state index contributed by atoms with van der Waals surface area (Å²) in [7, 11) is 0. The van der Waals surface area contributed by atoms with Crippen molar-refractivity contribution in [1.29, 1.82) is 10.8 Å². The molecule has 0 radical (unpaired) electrons. The van der Waals surface area contributed by atoms with Crippen molar-refractivity contribution in [3.8, 4) is 0 Å². The van der Waals surface area contributed by atoms with Gasteiger partial charge in [-0.3, -0.25) is 0 Å². The first-order valence-corrected chi connectivity index (χ1v) is 10.2.